The third-order valence-corrected chi connectivity index (χ3v) is 3.70. The van der Waals surface area contributed by atoms with Gasteiger partial charge in [-0.05, 0) is 36.5 Å². The van der Waals surface area contributed by atoms with Crippen LogP contribution in [0.2, 0.25) is 5.02 Å². The molecule has 0 saturated carbocycles. The first kappa shape index (κ1) is 15.3. The van der Waals surface area contributed by atoms with Gasteiger partial charge in [0, 0.05) is 6.04 Å². The second-order valence-electron chi connectivity index (χ2n) is 4.76. The zero-order valence-electron chi connectivity index (χ0n) is 11.6. The molecular weight excluding hydrogens is 246 g/mol. The molecule has 18 heavy (non-hydrogen) atoms. The van der Waals surface area contributed by atoms with E-state index in [4.69, 9.17) is 22.1 Å². The summed E-state index contributed by atoms with van der Waals surface area (Å²) in [5.41, 5.74) is 7.50. The third-order valence-electron chi connectivity index (χ3n) is 3.39. The van der Waals surface area contributed by atoms with Crippen LogP contribution >= 0.6 is 11.6 Å². The maximum absolute atomic E-state index is 6.39. The molecular formula is C15H24ClNO. The van der Waals surface area contributed by atoms with Crippen LogP contribution in [0.15, 0.2) is 18.2 Å². The van der Waals surface area contributed by atoms with Crippen LogP contribution in [0.4, 0.5) is 0 Å². The fourth-order valence-corrected chi connectivity index (χ4v) is 2.60. The molecule has 2 N–H and O–H groups in total. The van der Waals surface area contributed by atoms with Gasteiger partial charge in [0.05, 0.1) is 12.1 Å². The molecule has 0 saturated heterocycles. The molecule has 0 amide bonds. The van der Waals surface area contributed by atoms with Crippen molar-refractivity contribution in [3.8, 4) is 5.75 Å². The number of halogens is 1. The summed E-state index contributed by atoms with van der Waals surface area (Å²) in [6, 6.07) is 5.90. The van der Waals surface area contributed by atoms with Gasteiger partial charge in [0.2, 0.25) is 0 Å². The number of ether oxygens (including phenoxy) is 1. The molecule has 0 aliphatic carbocycles. The summed E-state index contributed by atoms with van der Waals surface area (Å²) in [7, 11) is 1.63. The molecule has 0 bridgehead atoms. The molecule has 1 atom stereocenters. The van der Waals surface area contributed by atoms with Crippen LogP contribution in [0.5, 0.6) is 5.75 Å². The molecule has 2 nitrogen and oxygen atoms in total. The lowest BCUT2D eigenvalue weighted by Gasteiger charge is -2.24. The number of hydrogen-bond acceptors (Lipinski definition) is 2. The number of hydrogen-bond donors (Lipinski definition) is 1. The molecule has 1 unspecified atom stereocenters. The highest BCUT2D eigenvalue weighted by atomic mass is 35.5. The van der Waals surface area contributed by atoms with Gasteiger partial charge < -0.3 is 10.5 Å². The summed E-state index contributed by atoms with van der Waals surface area (Å²) < 4.78 is 5.25. The van der Waals surface area contributed by atoms with E-state index in [2.05, 4.69) is 13.8 Å². The van der Waals surface area contributed by atoms with Crippen molar-refractivity contribution in [2.45, 2.75) is 45.6 Å². The monoisotopic (exact) mass is 269 g/mol. The van der Waals surface area contributed by atoms with E-state index in [0.717, 1.165) is 5.56 Å². The fraction of sp³-hybridized carbons (Fsp3) is 0.600. The number of rotatable bonds is 7. The van der Waals surface area contributed by atoms with Gasteiger partial charge in [-0.1, -0.05) is 44.4 Å². The number of methoxy groups -OCH3 is 1. The molecule has 1 aromatic rings. The van der Waals surface area contributed by atoms with E-state index in [1.54, 1.807) is 7.11 Å². The van der Waals surface area contributed by atoms with E-state index in [1.807, 2.05) is 18.2 Å². The quantitative estimate of drug-likeness (QED) is 0.787. The van der Waals surface area contributed by atoms with E-state index >= 15 is 0 Å². The highest BCUT2D eigenvalue weighted by molar-refractivity contribution is 6.32. The van der Waals surface area contributed by atoms with Gasteiger partial charge in [-0.15, -0.1) is 0 Å². The van der Waals surface area contributed by atoms with Crippen LogP contribution in [0.1, 0.15) is 51.1 Å². The highest BCUT2D eigenvalue weighted by Crippen LogP contribution is 2.32. The van der Waals surface area contributed by atoms with Crippen molar-refractivity contribution in [2.24, 2.45) is 11.7 Å². The second-order valence-corrected chi connectivity index (χ2v) is 5.16. The van der Waals surface area contributed by atoms with Gasteiger partial charge in [0.1, 0.15) is 5.75 Å². The summed E-state index contributed by atoms with van der Waals surface area (Å²) in [5.74, 6) is 1.24. The van der Waals surface area contributed by atoms with Gasteiger partial charge in [0.15, 0.2) is 0 Å². The Morgan fingerprint density at radius 2 is 1.83 bits per heavy atom. The average molecular weight is 270 g/mol. The highest BCUT2D eigenvalue weighted by Gasteiger charge is 2.19. The van der Waals surface area contributed by atoms with Gasteiger partial charge in [-0.2, -0.15) is 0 Å². The fourth-order valence-electron chi connectivity index (χ4n) is 2.40. The molecule has 1 aromatic carbocycles. The van der Waals surface area contributed by atoms with Crippen LogP contribution in [-0.2, 0) is 0 Å². The van der Waals surface area contributed by atoms with E-state index in [0.29, 0.717) is 16.7 Å². The van der Waals surface area contributed by atoms with Crippen LogP contribution < -0.4 is 10.5 Å². The van der Waals surface area contributed by atoms with Gasteiger partial charge >= 0.3 is 0 Å². The van der Waals surface area contributed by atoms with Crippen molar-refractivity contribution in [2.75, 3.05) is 7.11 Å². The first-order chi connectivity index (χ1) is 8.63. The molecule has 0 aliphatic rings. The number of nitrogens with two attached hydrogens (primary N) is 1. The number of benzene rings is 1. The molecule has 0 aromatic heterocycles. The zero-order chi connectivity index (χ0) is 13.5. The smallest absolute Gasteiger partial charge is 0.137 e. The molecule has 0 radical (unpaired) electrons. The Labute approximate surface area is 115 Å². The van der Waals surface area contributed by atoms with Crippen LogP contribution in [0.25, 0.3) is 0 Å². The summed E-state index contributed by atoms with van der Waals surface area (Å²) in [6.45, 7) is 4.41. The van der Waals surface area contributed by atoms with Crippen molar-refractivity contribution < 1.29 is 4.74 Å². The zero-order valence-corrected chi connectivity index (χ0v) is 12.3. The van der Waals surface area contributed by atoms with Gasteiger partial charge in [0.25, 0.3) is 0 Å². The average Bonchev–Trinajstić information content (AvgIpc) is 2.38. The summed E-state index contributed by atoms with van der Waals surface area (Å²) in [5, 5.41) is 0.635. The van der Waals surface area contributed by atoms with E-state index < -0.39 is 0 Å². The predicted molar refractivity (Wildman–Crippen MR) is 78.2 cm³/mol. The molecule has 1 rings (SSSR count). The lowest BCUT2D eigenvalue weighted by molar-refractivity contribution is 0.366. The Bertz CT molecular complexity index is 362. The first-order valence-corrected chi connectivity index (χ1v) is 7.10. The third kappa shape index (κ3) is 3.89. The summed E-state index contributed by atoms with van der Waals surface area (Å²) in [4.78, 5) is 0. The molecule has 0 heterocycles. The van der Waals surface area contributed by atoms with Crippen molar-refractivity contribution in [1.82, 2.24) is 0 Å². The minimum absolute atomic E-state index is 0.0658. The molecule has 0 spiro atoms. The predicted octanol–water partition coefficient (Wildman–Crippen LogP) is 4.56. The molecule has 3 heteroatoms. The molecule has 0 aliphatic heterocycles. The molecule has 0 fully saturated rings. The lowest BCUT2D eigenvalue weighted by atomic mass is 9.87. The largest absolute Gasteiger partial charge is 0.495 e. The van der Waals surface area contributed by atoms with Gasteiger partial charge in [-0.25, -0.2) is 0 Å². The van der Waals surface area contributed by atoms with Crippen LogP contribution in [0, 0.1) is 5.92 Å². The minimum atomic E-state index is 0.0658. The Kier molecular flexibility index (Phi) is 6.51. The van der Waals surface area contributed by atoms with Gasteiger partial charge in [-0.3, -0.25) is 0 Å². The summed E-state index contributed by atoms with van der Waals surface area (Å²) in [6.07, 6.45) is 4.67. The Hall–Kier alpha value is -0.730. The Morgan fingerprint density at radius 1 is 1.22 bits per heavy atom. The maximum Gasteiger partial charge on any atom is 0.137 e. The lowest BCUT2D eigenvalue weighted by Crippen LogP contribution is -2.21. The standard InChI is InChI=1S/C15H24ClNO/c1-4-6-11(7-5-2)15(17)12-8-9-13(16)14(10-12)18-3/h8-11,15H,4-7,17H2,1-3H3. The van der Waals surface area contributed by atoms with Crippen LogP contribution in [0.3, 0.4) is 0 Å². The van der Waals surface area contributed by atoms with E-state index in [1.165, 1.54) is 25.7 Å². The molecule has 102 valence electrons. The van der Waals surface area contributed by atoms with Crippen LogP contribution in [-0.4, -0.2) is 7.11 Å². The van der Waals surface area contributed by atoms with Crippen molar-refractivity contribution in [3.05, 3.63) is 28.8 Å². The Balaban J connectivity index is 2.89. The summed E-state index contributed by atoms with van der Waals surface area (Å²) >= 11 is 6.04. The SMILES string of the molecule is CCCC(CCC)C(N)c1ccc(Cl)c(OC)c1. The Morgan fingerprint density at radius 3 is 2.33 bits per heavy atom. The maximum atomic E-state index is 6.39. The minimum Gasteiger partial charge on any atom is -0.495 e. The van der Waals surface area contributed by atoms with Crippen molar-refractivity contribution >= 4 is 11.6 Å². The first-order valence-electron chi connectivity index (χ1n) is 6.73. The van der Waals surface area contributed by atoms with Crippen molar-refractivity contribution in [3.63, 3.8) is 0 Å². The topological polar surface area (TPSA) is 35.2 Å². The van der Waals surface area contributed by atoms with E-state index in [9.17, 15) is 0 Å². The second kappa shape index (κ2) is 7.65. The van der Waals surface area contributed by atoms with E-state index in [-0.39, 0.29) is 6.04 Å². The normalized spacial score (nSPS) is 12.8. The van der Waals surface area contributed by atoms with Crippen molar-refractivity contribution in [1.29, 1.82) is 0 Å².